The van der Waals surface area contributed by atoms with E-state index >= 15 is 0 Å². The lowest BCUT2D eigenvalue weighted by molar-refractivity contribution is 0.778. The van der Waals surface area contributed by atoms with Gasteiger partial charge in [-0.3, -0.25) is 4.98 Å². The number of fused-ring (bicyclic) bond motifs is 1. The van der Waals surface area contributed by atoms with E-state index in [1.165, 1.54) is 0 Å². The van der Waals surface area contributed by atoms with Crippen molar-refractivity contribution in [1.82, 2.24) is 15.0 Å². The van der Waals surface area contributed by atoms with E-state index in [0.717, 1.165) is 27.7 Å². The normalized spacial score (nSPS) is 12.6. The summed E-state index contributed by atoms with van der Waals surface area (Å²) in [5.74, 6) is 0.634. The van der Waals surface area contributed by atoms with Crippen molar-refractivity contribution < 1.29 is 0 Å². The molecule has 2 aromatic heterocycles. The Hall–Kier alpha value is -2.33. The lowest BCUT2D eigenvalue weighted by Gasteiger charge is -2.11. The first-order valence-electron chi connectivity index (χ1n) is 6.55. The topological polar surface area (TPSA) is 64.7 Å². The number of hydrogen-bond acceptors (Lipinski definition) is 4. The van der Waals surface area contributed by atoms with Crippen LogP contribution >= 0.6 is 0 Å². The minimum absolute atomic E-state index is 0.318. The summed E-state index contributed by atoms with van der Waals surface area (Å²) in [4.78, 5) is 13.1. The monoisotopic (exact) mass is 264 g/mol. The number of hydrogen-bond donors (Lipinski definition) is 1. The molecule has 3 rings (SSSR count). The van der Waals surface area contributed by atoms with Gasteiger partial charge < -0.3 is 5.73 Å². The van der Waals surface area contributed by atoms with Gasteiger partial charge in [0.1, 0.15) is 5.82 Å². The molecule has 0 bridgehead atoms. The van der Waals surface area contributed by atoms with Crippen molar-refractivity contribution >= 4 is 10.9 Å². The Kier molecular flexibility index (Phi) is 3.16. The Morgan fingerprint density at radius 1 is 1.00 bits per heavy atom. The quantitative estimate of drug-likeness (QED) is 0.773. The highest BCUT2D eigenvalue weighted by Crippen LogP contribution is 2.21. The second-order valence-corrected chi connectivity index (χ2v) is 5.00. The highest BCUT2D eigenvalue weighted by atomic mass is 14.9. The molecule has 0 aliphatic rings. The molecule has 2 heterocycles. The molecule has 0 amide bonds. The van der Waals surface area contributed by atoms with E-state index in [1.54, 1.807) is 12.4 Å². The SMILES string of the molecule is Cc1cnc(C(N)c2ccc3nc(C)ccc3c2)nc1. The maximum atomic E-state index is 6.24. The van der Waals surface area contributed by atoms with Gasteiger partial charge in [-0.1, -0.05) is 12.1 Å². The first-order chi connectivity index (χ1) is 9.63. The van der Waals surface area contributed by atoms with Crippen LogP contribution in [-0.4, -0.2) is 15.0 Å². The molecule has 20 heavy (non-hydrogen) atoms. The van der Waals surface area contributed by atoms with Crippen molar-refractivity contribution in [1.29, 1.82) is 0 Å². The summed E-state index contributed by atoms with van der Waals surface area (Å²) in [7, 11) is 0. The fourth-order valence-electron chi connectivity index (χ4n) is 2.15. The van der Waals surface area contributed by atoms with E-state index in [9.17, 15) is 0 Å². The summed E-state index contributed by atoms with van der Waals surface area (Å²) >= 11 is 0. The number of nitrogens with zero attached hydrogens (tertiary/aromatic N) is 3. The Morgan fingerprint density at radius 3 is 2.50 bits per heavy atom. The molecule has 0 aliphatic carbocycles. The van der Waals surface area contributed by atoms with E-state index in [4.69, 9.17) is 5.73 Å². The Morgan fingerprint density at radius 2 is 1.75 bits per heavy atom. The molecular weight excluding hydrogens is 248 g/mol. The third-order valence-corrected chi connectivity index (χ3v) is 3.29. The largest absolute Gasteiger partial charge is 0.318 e. The molecule has 4 nitrogen and oxygen atoms in total. The van der Waals surface area contributed by atoms with Crippen molar-refractivity contribution in [3.8, 4) is 0 Å². The summed E-state index contributed by atoms with van der Waals surface area (Å²) in [6.45, 7) is 3.94. The molecule has 1 unspecified atom stereocenters. The van der Waals surface area contributed by atoms with Crippen molar-refractivity contribution in [2.24, 2.45) is 5.73 Å². The Bertz CT molecular complexity index is 750. The highest BCUT2D eigenvalue weighted by Gasteiger charge is 2.12. The predicted molar refractivity (Wildman–Crippen MR) is 79.3 cm³/mol. The van der Waals surface area contributed by atoms with Crippen LogP contribution in [0.3, 0.4) is 0 Å². The molecule has 0 saturated carbocycles. The molecule has 0 radical (unpaired) electrons. The zero-order chi connectivity index (χ0) is 14.1. The zero-order valence-electron chi connectivity index (χ0n) is 11.5. The van der Waals surface area contributed by atoms with Gasteiger partial charge >= 0.3 is 0 Å². The van der Waals surface area contributed by atoms with E-state index < -0.39 is 0 Å². The molecular formula is C16H16N4. The van der Waals surface area contributed by atoms with Gasteiger partial charge in [-0.2, -0.15) is 0 Å². The third-order valence-electron chi connectivity index (χ3n) is 3.29. The molecule has 0 aliphatic heterocycles. The summed E-state index contributed by atoms with van der Waals surface area (Å²) in [6, 6.07) is 9.77. The first kappa shape index (κ1) is 12.7. The van der Waals surface area contributed by atoms with Gasteiger partial charge in [0, 0.05) is 23.5 Å². The zero-order valence-corrected chi connectivity index (χ0v) is 11.5. The summed E-state index contributed by atoms with van der Waals surface area (Å²) < 4.78 is 0. The maximum absolute atomic E-state index is 6.24. The number of aromatic nitrogens is 3. The van der Waals surface area contributed by atoms with E-state index in [1.807, 2.05) is 32.0 Å². The smallest absolute Gasteiger partial charge is 0.149 e. The standard InChI is InChI=1S/C16H16N4/c1-10-8-18-16(19-9-10)15(17)13-5-6-14-12(7-13)4-3-11(2)20-14/h3-9,15H,17H2,1-2H3. The number of rotatable bonds is 2. The number of pyridine rings is 1. The number of aryl methyl sites for hydroxylation is 2. The molecule has 2 N–H and O–H groups in total. The van der Waals surface area contributed by atoms with Crippen LogP contribution in [0.2, 0.25) is 0 Å². The van der Waals surface area contributed by atoms with Crippen LogP contribution in [0.1, 0.15) is 28.7 Å². The summed E-state index contributed by atoms with van der Waals surface area (Å²) in [6.07, 6.45) is 3.57. The van der Waals surface area contributed by atoms with Crippen LogP contribution in [-0.2, 0) is 0 Å². The Balaban J connectivity index is 2.01. The van der Waals surface area contributed by atoms with Gasteiger partial charge in [0.25, 0.3) is 0 Å². The van der Waals surface area contributed by atoms with E-state index in [2.05, 4.69) is 27.1 Å². The molecule has 0 saturated heterocycles. The lowest BCUT2D eigenvalue weighted by atomic mass is 10.0. The van der Waals surface area contributed by atoms with Crippen molar-refractivity contribution in [2.75, 3.05) is 0 Å². The molecule has 0 spiro atoms. The predicted octanol–water partition coefficient (Wildman–Crippen LogP) is 2.69. The minimum atomic E-state index is -0.318. The summed E-state index contributed by atoms with van der Waals surface area (Å²) in [5, 5.41) is 1.08. The minimum Gasteiger partial charge on any atom is -0.318 e. The molecule has 100 valence electrons. The average molecular weight is 264 g/mol. The molecule has 0 fully saturated rings. The third kappa shape index (κ3) is 2.38. The number of benzene rings is 1. The van der Waals surface area contributed by atoms with Crippen LogP contribution in [0, 0.1) is 13.8 Å². The van der Waals surface area contributed by atoms with Crippen LogP contribution in [0.5, 0.6) is 0 Å². The van der Waals surface area contributed by atoms with Crippen molar-refractivity contribution in [3.05, 3.63) is 65.4 Å². The van der Waals surface area contributed by atoms with Gasteiger partial charge in [-0.05, 0) is 43.2 Å². The van der Waals surface area contributed by atoms with E-state index in [-0.39, 0.29) is 6.04 Å². The van der Waals surface area contributed by atoms with Gasteiger partial charge in [-0.25, -0.2) is 9.97 Å². The first-order valence-corrected chi connectivity index (χ1v) is 6.55. The summed E-state index contributed by atoms with van der Waals surface area (Å²) in [5.41, 5.74) is 10.2. The lowest BCUT2D eigenvalue weighted by Crippen LogP contribution is -2.15. The van der Waals surface area contributed by atoms with Crippen LogP contribution in [0.25, 0.3) is 10.9 Å². The van der Waals surface area contributed by atoms with Gasteiger partial charge in [-0.15, -0.1) is 0 Å². The second kappa shape index (κ2) is 4.98. The fourth-order valence-corrected chi connectivity index (χ4v) is 2.15. The molecule has 4 heteroatoms. The van der Waals surface area contributed by atoms with E-state index in [0.29, 0.717) is 5.82 Å². The van der Waals surface area contributed by atoms with Gasteiger partial charge in [0.15, 0.2) is 0 Å². The average Bonchev–Trinajstić information content (AvgIpc) is 2.47. The van der Waals surface area contributed by atoms with Crippen molar-refractivity contribution in [3.63, 3.8) is 0 Å². The van der Waals surface area contributed by atoms with Gasteiger partial charge in [0.05, 0.1) is 11.6 Å². The fraction of sp³-hybridized carbons (Fsp3) is 0.188. The maximum Gasteiger partial charge on any atom is 0.149 e. The van der Waals surface area contributed by atoms with Crippen LogP contribution < -0.4 is 5.73 Å². The number of nitrogens with two attached hydrogens (primary N) is 1. The highest BCUT2D eigenvalue weighted by molar-refractivity contribution is 5.79. The molecule has 1 atom stereocenters. The van der Waals surface area contributed by atoms with Gasteiger partial charge in [0.2, 0.25) is 0 Å². The van der Waals surface area contributed by atoms with Crippen LogP contribution in [0.15, 0.2) is 42.7 Å². The molecule has 1 aromatic carbocycles. The Labute approximate surface area is 117 Å². The van der Waals surface area contributed by atoms with Crippen LogP contribution in [0.4, 0.5) is 0 Å². The second-order valence-electron chi connectivity index (χ2n) is 5.00. The molecule has 3 aromatic rings. The van der Waals surface area contributed by atoms with Crippen molar-refractivity contribution in [2.45, 2.75) is 19.9 Å².